The molecule has 3 aliphatic rings. The fourth-order valence-corrected chi connectivity index (χ4v) is 16.8. The average molecular weight is 1410 g/mol. The summed E-state index contributed by atoms with van der Waals surface area (Å²) >= 11 is 4.72. The van der Waals surface area contributed by atoms with Crippen LogP contribution in [0.1, 0.15) is 135 Å². The third-order valence-electron chi connectivity index (χ3n) is 17.1. The minimum atomic E-state index is -3.48. The molecule has 100 heavy (non-hydrogen) atoms. The van der Waals surface area contributed by atoms with Crippen LogP contribution in [0.5, 0.6) is 17.2 Å². The molecule has 18 nitrogen and oxygen atoms in total. The van der Waals surface area contributed by atoms with E-state index in [9.17, 15) is 29.0 Å². The fraction of sp³-hybridized carbons (Fsp3) is 0.308. The number of benzene rings is 7. The van der Waals surface area contributed by atoms with Crippen molar-refractivity contribution in [1.29, 1.82) is 15.8 Å². The molecule has 3 aromatic heterocycles. The third-order valence-corrected chi connectivity index (χ3v) is 21.6. The third kappa shape index (κ3) is 17.1. The Balaban J connectivity index is 0.000000152. The maximum absolute atomic E-state index is 12.9. The summed E-state index contributed by atoms with van der Waals surface area (Å²) < 4.78 is 51.0. The number of carbonyl (C=O) groups is 1. The molecule has 10 aromatic rings. The van der Waals surface area contributed by atoms with Gasteiger partial charge in [0.2, 0.25) is 10.0 Å². The Bertz CT molecular complexity index is 4810. The highest BCUT2D eigenvalue weighted by atomic mass is 32.2. The second-order valence-electron chi connectivity index (χ2n) is 25.5. The standard InChI is InChI=1S/C29H27N3O3S2.C25H27N3O2S.C24H25N5O2S/c1-19(2)35-27-14-11-21(15-22(27)16-30)29-31-17-28(36-29)25-10-6-9-24-23(25)12-13-26(24)32-37(33,34)18-20-7-4-3-5-8-20;1-16(2)30-23-10-7-17(13-18(23)14-26)25-28-15-24(31-25)21-6-4-5-20-19(21)8-9-22(20)27-11-12-29-3;1-14(2)31-21-11-8-15(12-16(21)13-25)22-27-28-23(32-22)19-7-5-6-18-17(19)9-10-20(18)26-24(30)29(3)4/h3-11,14-15,17,19,26,32H,12-13,18H2,1-2H3;4-7,10,13,15-16,22,27H,8-9,11-12H2,1-3H3;5-8,11-12,14,20H,9-10H2,1-4H3,(H,26,30)/t26-;22-;20-/m101/s1. The van der Waals surface area contributed by atoms with Crippen molar-refractivity contribution in [3.05, 3.63) is 208 Å². The van der Waals surface area contributed by atoms with E-state index >= 15 is 0 Å². The molecule has 0 saturated carbocycles. The molecule has 0 radical (unpaired) electrons. The van der Waals surface area contributed by atoms with Gasteiger partial charge >= 0.3 is 6.03 Å². The number of thiazole rings is 2. The van der Waals surface area contributed by atoms with Gasteiger partial charge in [0.25, 0.3) is 0 Å². The number of nitrogens with one attached hydrogen (secondary N) is 3. The van der Waals surface area contributed by atoms with Gasteiger partial charge in [-0.25, -0.2) is 27.9 Å². The van der Waals surface area contributed by atoms with E-state index in [1.807, 2.05) is 151 Å². The number of aromatic nitrogens is 4. The zero-order valence-corrected chi connectivity index (χ0v) is 60.6. The zero-order valence-electron chi connectivity index (χ0n) is 57.3. The number of sulfonamides is 1. The van der Waals surface area contributed by atoms with Crippen LogP contribution in [-0.4, -0.2) is 92.2 Å². The van der Waals surface area contributed by atoms with Gasteiger partial charge in [-0.15, -0.1) is 32.9 Å². The lowest BCUT2D eigenvalue weighted by Gasteiger charge is -2.18. The average Bonchev–Trinajstić information content (AvgIpc) is 1.64. The number of hydrogen-bond acceptors (Lipinski definition) is 18. The van der Waals surface area contributed by atoms with Gasteiger partial charge in [0, 0.05) is 74.5 Å². The number of nitriles is 3. The number of urea groups is 1. The second-order valence-corrected chi connectivity index (χ2v) is 30.3. The van der Waals surface area contributed by atoms with E-state index in [2.05, 4.69) is 90.1 Å². The maximum atomic E-state index is 12.9. The van der Waals surface area contributed by atoms with E-state index in [4.69, 9.17) is 18.9 Å². The Labute approximate surface area is 597 Å². The first-order valence-electron chi connectivity index (χ1n) is 33.3. The van der Waals surface area contributed by atoms with Crippen LogP contribution in [0.25, 0.3) is 63.2 Å². The number of rotatable bonds is 21. The summed E-state index contributed by atoms with van der Waals surface area (Å²) in [5.41, 5.74) is 15.6. The van der Waals surface area contributed by atoms with Gasteiger partial charge in [-0.1, -0.05) is 96.3 Å². The van der Waals surface area contributed by atoms with Crippen LogP contribution in [0.4, 0.5) is 4.79 Å². The molecule has 7 aromatic carbocycles. The highest BCUT2D eigenvalue weighted by Crippen LogP contribution is 2.45. The molecular formula is C78H79N11O7S4. The lowest BCUT2D eigenvalue weighted by Crippen LogP contribution is -2.36. The van der Waals surface area contributed by atoms with E-state index in [1.165, 1.54) is 33.6 Å². The van der Waals surface area contributed by atoms with Crippen LogP contribution in [0.15, 0.2) is 152 Å². The van der Waals surface area contributed by atoms with Crippen LogP contribution in [-0.2, 0) is 39.8 Å². The Hall–Kier alpha value is -9.67. The van der Waals surface area contributed by atoms with Crippen molar-refractivity contribution in [2.45, 2.75) is 122 Å². The molecule has 3 atom stereocenters. The number of amides is 2. The number of carbonyl (C=O) groups excluding carboxylic acids is 1. The summed E-state index contributed by atoms with van der Waals surface area (Å²) in [6, 6.07) is 51.4. The van der Waals surface area contributed by atoms with Crippen LogP contribution in [0.3, 0.4) is 0 Å². The fourth-order valence-electron chi connectivity index (χ4n) is 12.6. The Morgan fingerprint density at radius 2 is 0.990 bits per heavy atom. The summed E-state index contributed by atoms with van der Waals surface area (Å²) in [6.07, 6.45) is 9.21. The highest BCUT2D eigenvalue weighted by molar-refractivity contribution is 7.88. The van der Waals surface area contributed by atoms with Gasteiger partial charge in [-0.3, -0.25) is 0 Å². The number of fused-ring (bicyclic) bond motifs is 3. The first kappa shape index (κ1) is 71.6. The monoisotopic (exact) mass is 1410 g/mol. The van der Waals surface area contributed by atoms with Gasteiger partial charge < -0.3 is 34.5 Å². The van der Waals surface area contributed by atoms with Crippen LogP contribution in [0, 0.1) is 34.0 Å². The summed E-state index contributed by atoms with van der Waals surface area (Å²) in [7, 11) is 1.73. The molecule has 0 spiro atoms. The molecule has 0 fully saturated rings. The Morgan fingerprint density at radius 3 is 1.47 bits per heavy atom. The second kappa shape index (κ2) is 32.5. The van der Waals surface area contributed by atoms with Crippen LogP contribution in [0.2, 0.25) is 0 Å². The smallest absolute Gasteiger partial charge is 0.317 e. The molecule has 0 aliphatic heterocycles. The predicted octanol–water partition coefficient (Wildman–Crippen LogP) is 16.4. The number of hydrogen-bond donors (Lipinski definition) is 3. The van der Waals surface area contributed by atoms with Crippen LogP contribution < -0.4 is 29.6 Å². The summed E-state index contributed by atoms with van der Waals surface area (Å²) in [4.78, 5) is 25.1. The Kier molecular flexibility index (Phi) is 23.3. The van der Waals surface area contributed by atoms with Gasteiger partial charge in [-0.2, -0.15) is 15.8 Å². The van der Waals surface area contributed by atoms with Gasteiger partial charge in [0.1, 0.15) is 55.5 Å². The lowest BCUT2D eigenvalue weighted by atomic mass is 10.0. The van der Waals surface area contributed by atoms with Gasteiger partial charge in [-0.05, 0) is 185 Å². The van der Waals surface area contributed by atoms with E-state index in [0.29, 0.717) is 40.0 Å². The van der Waals surface area contributed by atoms with E-state index in [-0.39, 0.29) is 42.2 Å². The maximum Gasteiger partial charge on any atom is 0.317 e. The molecule has 3 aliphatic carbocycles. The van der Waals surface area contributed by atoms with Crippen molar-refractivity contribution in [2.24, 2.45) is 0 Å². The molecule has 3 N–H and O–H groups in total. The molecule has 0 unspecified atom stereocenters. The van der Waals surface area contributed by atoms with Gasteiger partial charge in [0.15, 0.2) is 0 Å². The number of ether oxygens (including phenoxy) is 4. The normalized spacial score (nSPS) is 14.9. The predicted molar refractivity (Wildman–Crippen MR) is 396 cm³/mol. The topological polar surface area (TPSA) is 250 Å². The molecule has 22 heteroatoms. The molecule has 13 rings (SSSR count). The molecule has 0 bridgehead atoms. The minimum Gasteiger partial charge on any atom is -0.490 e. The highest BCUT2D eigenvalue weighted by Gasteiger charge is 2.31. The number of nitrogens with zero attached hydrogens (tertiary/aromatic N) is 8. The number of methoxy groups -OCH3 is 1. The van der Waals surface area contributed by atoms with E-state index in [1.54, 1.807) is 54.8 Å². The summed E-state index contributed by atoms with van der Waals surface area (Å²) in [6.45, 7) is 13.2. The molecule has 512 valence electrons. The summed E-state index contributed by atoms with van der Waals surface area (Å²) in [5.74, 6) is 1.72. The van der Waals surface area contributed by atoms with E-state index in [0.717, 1.165) is 132 Å². The molecule has 3 heterocycles. The minimum absolute atomic E-state index is 0.000991. The molecular weight excluding hydrogens is 1330 g/mol. The largest absolute Gasteiger partial charge is 0.490 e. The summed E-state index contributed by atoms with van der Waals surface area (Å²) in [5, 5.41) is 47.5. The first-order valence-corrected chi connectivity index (χ1v) is 37.4. The van der Waals surface area contributed by atoms with Crippen molar-refractivity contribution in [3.8, 4) is 98.6 Å². The zero-order chi connectivity index (χ0) is 70.6. The molecule has 0 saturated heterocycles. The Morgan fingerprint density at radius 1 is 0.550 bits per heavy atom. The van der Waals surface area contributed by atoms with Crippen molar-refractivity contribution in [2.75, 3.05) is 34.4 Å². The lowest BCUT2D eigenvalue weighted by molar-refractivity contribution is 0.195. The molecule has 2 amide bonds. The van der Waals surface area contributed by atoms with Crippen LogP contribution >= 0.6 is 34.0 Å². The SMILES string of the molecule is CC(C)Oc1ccc(-c2ncc(-c3cccc4c3CC[C@H]4NS(=O)(=O)Cc3ccccc3)s2)cc1C#N.CC(C)Oc1ccc(-c2nnc(-c3cccc4c3CC[C@H]4NC(=O)N(C)C)s2)cc1C#N.COCCN[C@H]1CCc2c(-c3cnc(-c4ccc(OC(C)C)c(C#N)c4)s3)cccc21. The van der Waals surface area contributed by atoms with E-state index < -0.39 is 10.0 Å². The van der Waals surface area contributed by atoms with Crippen molar-refractivity contribution >= 4 is 50.1 Å². The van der Waals surface area contributed by atoms with Crippen molar-refractivity contribution < 1.29 is 32.2 Å². The quantitative estimate of drug-likeness (QED) is 0.0566. The van der Waals surface area contributed by atoms with Crippen molar-refractivity contribution in [3.63, 3.8) is 0 Å². The van der Waals surface area contributed by atoms with Gasteiger partial charge in [0.05, 0.1) is 63.2 Å². The van der Waals surface area contributed by atoms with Crippen molar-refractivity contribution in [1.82, 2.24) is 40.4 Å². The first-order chi connectivity index (χ1) is 48.3.